The normalized spacial score (nSPS) is 20.7. The van der Waals surface area contributed by atoms with Crippen molar-refractivity contribution in [2.75, 3.05) is 11.5 Å². The van der Waals surface area contributed by atoms with Gasteiger partial charge in [-0.25, -0.2) is 19.9 Å². The molecule has 3 aromatic heterocycles. The highest BCUT2D eigenvalue weighted by atomic mass is 16.5. The van der Waals surface area contributed by atoms with Crippen molar-refractivity contribution in [1.29, 1.82) is 0 Å². The fourth-order valence-corrected chi connectivity index (χ4v) is 5.35. The van der Waals surface area contributed by atoms with Crippen molar-refractivity contribution in [3.8, 4) is 11.3 Å². The van der Waals surface area contributed by atoms with Crippen LogP contribution < -0.4 is 4.90 Å². The molecule has 0 amide bonds. The van der Waals surface area contributed by atoms with Crippen molar-refractivity contribution < 1.29 is 9.84 Å². The molecule has 4 aromatic rings. The maximum atomic E-state index is 9.66. The molecule has 0 bridgehead atoms. The molecule has 7 rings (SSSR count). The van der Waals surface area contributed by atoms with Crippen LogP contribution in [0.3, 0.4) is 0 Å². The van der Waals surface area contributed by atoms with Crippen LogP contribution in [0.5, 0.6) is 0 Å². The van der Waals surface area contributed by atoms with Crippen LogP contribution in [-0.2, 0) is 23.3 Å². The lowest BCUT2D eigenvalue weighted by atomic mass is 9.91. The fraction of sp³-hybridized carbons (Fsp3) is 0.185. The fourth-order valence-electron chi connectivity index (χ4n) is 5.35. The van der Waals surface area contributed by atoms with Gasteiger partial charge < -0.3 is 9.84 Å². The van der Waals surface area contributed by atoms with Gasteiger partial charge in [-0.1, -0.05) is 24.3 Å². The summed E-state index contributed by atoms with van der Waals surface area (Å²) >= 11 is 0. The molecule has 35 heavy (non-hydrogen) atoms. The molecule has 5 heterocycles. The average molecular weight is 463 g/mol. The van der Waals surface area contributed by atoms with Crippen molar-refractivity contribution in [3.63, 3.8) is 0 Å². The number of nitrogens with zero attached hydrogens (tertiary/aromatic N) is 6. The maximum absolute atomic E-state index is 9.66. The van der Waals surface area contributed by atoms with Crippen LogP contribution in [-0.4, -0.2) is 36.2 Å². The van der Waals surface area contributed by atoms with Crippen molar-refractivity contribution in [1.82, 2.24) is 24.5 Å². The largest absolute Gasteiger partial charge is 0.508 e. The number of anilines is 1. The highest BCUT2D eigenvalue weighted by molar-refractivity contribution is 5.77. The van der Waals surface area contributed by atoms with Gasteiger partial charge in [0, 0.05) is 30.4 Å². The van der Waals surface area contributed by atoms with E-state index in [-0.39, 0.29) is 11.3 Å². The van der Waals surface area contributed by atoms with Crippen molar-refractivity contribution >= 4 is 17.1 Å². The quantitative estimate of drug-likeness (QED) is 0.472. The molecule has 8 heteroatoms. The number of rotatable bonds is 2. The molecule has 1 aromatic carbocycles. The number of hydrogen-bond acceptors (Lipinski definition) is 7. The first kappa shape index (κ1) is 20.1. The summed E-state index contributed by atoms with van der Waals surface area (Å²) < 4.78 is 8.36. The molecule has 3 aliphatic rings. The Hall–Kier alpha value is -4.30. The molecule has 1 aliphatic carbocycles. The van der Waals surface area contributed by atoms with Gasteiger partial charge in [0.25, 0.3) is 0 Å². The lowest BCUT2D eigenvalue weighted by Crippen LogP contribution is -2.42. The minimum absolute atomic E-state index is 0.176. The third kappa shape index (κ3) is 3.10. The summed E-state index contributed by atoms with van der Waals surface area (Å²) in [5.41, 5.74) is 5.73. The van der Waals surface area contributed by atoms with Gasteiger partial charge in [0.2, 0.25) is 5.95 Å². The Morgan fingerprint density at radius 3 is 2.80 bits per heavy atom. The number of benzene rings is 1. The molecule has 8 nitrogen and oxygen atoms in total. The topological polar surface area (TPSA) is 89.2 Å². The number of allylic oxidation sites excluding steroid dienone is 3. The van der Waals surface area contributed by atoms with Crippen molar-refractivity contribution in [2.45, 2.75) is 25.0 Å². The smallest absolute Gasteiger partial charge is 0.233 e. The summed E-state index contributed by atoms with van der Waals surface area (Å²) in [4.78, 5) is 20.7. The number of ether oxygens (including phenoxy) is 1. The van der Waals surface area contributed by atoms with Crippen LogP contribution in [0.15, 0.2) is 85.2 Å². The first-order chi connectivity index (χ1) is 17.2. The van der Waals surface area contributed by atoms with Gasteiger partial charge in [0.05, 0.1) is 17.8 Å². The number of hydrogen-bond donors (Lipinski definition) is 1. The van der Waals surface area contributed by atoms with E-state index in [9.17, 15) is 5.11 Å². The van der Waals surface area contributed by atoms with E-state index in [4.69, 9.17) is 14.7 Å². The Bertz CT molecular complexity index is 1550. The van der Waals surface area contributed by atoms with Crippen molar-refractivity contribution in [3.05, 3.63) is 102 Å². The lowest BCUT2D eigenvalue weighted by molar-refractivity contribution is 0.0225. The van der Waals surface area contributed by atoms with E-state index in [0.717, 1.165) is 41.1 Å². The maximum Gasteiger partial charge on any atom is 0.233 e. The summed E-state index contributed by atoms with van der Waals surface area (Å²) in [6.07, 6.45) is 14.0. The molecule has 0 saturated heterocycles. The lowest BCUT2D eigenvalue weighted by Gasteiger charge is -2.37. The Morgan fingerprint density at radius 1 is 1.00 bits per heavy atom. The molecule has 1 atom stereocenters. The Kier molecular flexibility index (Phi) is 4.37. The number of pyridine rings is 1. The molecule has 1 spiro atoms. The van der Waals surface area contributed by atoms with E-state index in [1.165, 1.54) is 11.1 Å². The average Bonchev–Trinajstić information content (AvgIpc) is 3.37. The van der Waals surface area contributed by atoms with Crippen LogP contribution in [0.1, 0.15) is 23.4 Å². The minimum Gasteiger partial charge on any atom is -0.508 e. The second kappa shape index (κ2) is 7.61. The minimum atomic E-state index is -0.282. The monoisotopic (exact) mass is 462 g/mol. The predicted molar refractivity (Wildman–Crippen MR) is 132 cm³/mol. The Balaban J connectivity index is 1.30. The van der Waals surface area contributed by atoms with E-state index in [1.807, 2.05) is 12.1 Å². The molecule has 2 aliphatic heterocycles. The zero-order chi connectivity index (χ0) is 23.4. The number of aryl methyl sites for hydroxylation is 1. The van der Waals surface area contributed by atoms with Gasteiger partial charge in [0.15, 0.2) is 5.65 Å². The molecule has 1 unspecified atom stereocenters. The van der Waals surface area contributed by atoms with E-state index in [0.29, 0.717) is 19.2 Å². The van der Waals surface area contributed by atoms with E-state index < -0.39 is 0 Å². The van der Waals surface area contributed by atoms with Gasteiger partial charge in [0.1, 0.15) is 23.7 Å². The van der Waals surface area contributed by atoms with E-state index >= 15 is 0 Å². The second-order valence-electron chi connectivity index (χ2n) is 9.01. The number of aliphatic hydroxyl groups is 1. The first-order valence-corrected chi connectivity index (χ1v) is 11.6. The number of fused-ring (bicyclic) bond motifs is 6. The molecule has 172 valence electrons. The highest BCUT2D eigenvalue weighted by Gasteiger charge is 2.45. The molecule has 0 fully saturated rings. The molecule has 0 radical (unpaired) electrons. The third-order valence-corrected chi connectivity index (χ3v) is 6.99. The van der Waals surface area contributed by atoms with Crippen molar-refractivity contribution in [2.24, 2.45) is 0 Å². The Morgan fingerprint density at radius 2 is 1.89 bits per heavy atom. The summed E-state index contributed by atoms with van der Waals surface area (Å²) in [7, 11) is 0. The third-order valence-electron chi connectivity index (χ3n) is 6.99. The predicted octanol–water partition coefficient (Wildman–Crippen LogP) is 4.40. The number of aliphatic hydroxyl groups excluding tert-OH is 1. The summed E-state index contributed by atoms with van der Waals surface area (Å²) in [6.45, 7) is 1.10. The number of imidazole rings is 1. The van der Waals surface area contributed by atoms with E-state index in [2.05, 4.69) is 38.8 Å². The molecule has 1 N–H and O–H groups in total. The van der Waals surface area contributed by atoms with Crippen LogP contribution in [0, 0.1) is 0 Å². The standard InChI is InChI=1S/C27H22N6O2/c34-20-5-3-12-32(13-10-20)26-28-14-19(15-29-26)22-7-8-23-25(31-22)33-24(30-23)16-35-17-27(33)11-9-18-4-1-2-6-21(18)27/h1-8,10,12-15,34H,9,11,16-17H2. The summed E-state index contributed by atoms with van der Waals surface area (Å²) in [5.74, 6) is 1.59. The highest BCUT2D eigenvalue weighted by Crippen LogP contribution is 2.45. The van der Waals surface area contributed by atoms with E-state index in [1.54, 1.807) is 47.9 Å². The first-order valence-electron chi connectivity index (χ1n) is 11.6. The summed E-state index contributed by atoms with van der Waals surface area (Å²) in [6, 6.07) is 12.6. The Labute approximate surface area is 201 Å². The van der Waals surface area contributed by atoms with Crippen LogP contribution in [0.4, 0.5) is 5.95 Å². The van der Waals surface area contributed by atoms with Crippen LogP contribution >= 0.6 is 0 Å². The number of aromatic nitrogens is 5. The van der Waals surface area contributed by atoms with Gasteiger partial charge in [-0.2, -0.15) is 0 Å². The van der Waals surface area contributed by atoms with Gasteiger partial charge >= 0.3 is 0 Å². The van der Waals surface area contributed by atoms with Crippen LogP contribution in [0.2, 0.25) is 0 Å². The second-order valence-corrected chi connectivity index (χ2v) is 9.01. The molecule has 0 saturated carbocycles. The summed E-state index contributed by atoms with van der Waals surface area (Å²) in [5, 5.41) is 9.66. The SMILES string of the molecule is OC1=CC=CN(c2ncc(-c3ccc4nc5n(c4n3)C3(CCc4ccccc43)COC5)cn2)C=C1. The molecular weight excluding hydrogens is 440 g/mol. The van der Waals surface area contributed by atoms with Gasteiger partial charge in [-0.05, 0) is 54.3 Å². The zero-order valence-corrected chi connectivity index (χ0v) is 18.9. The van der Waals surface area contributed by atoms with Crippen LogP contribution in [0.25, 0.3) is 22.4 Å². The zero-order valence-electron chi connectivity index (χ0n) is 18.9. The molecular formula is C27H22N6O2. The van der Waals surface area contributed by atoms with Gasteiger partial charge in [-0.15, -0.1) is 0 Å². The van der Waals surface area contributed by atoms with Gasteiger partial charge in [-0.3, -0.25) is 9.47 Å².